The Morgan fingerprint density at radius 2 is 1.81 bits per heavy atom. The smallest absolute Gasteiger partial charge is 0.403 e. The minimum atomic E-state index is -4.72. The second-order valence-corrected chi connectivity index (χ2v) is 10.3. The molecule has 0 aliphatic carbocycles. The van der Waals surface area contributed by atoms with Crippen molar-refractivity contribution in [1.29, 1.82) is 0 Å². The van der Waals surface area contributed by atoms with E-state index in [4.69, 9.17) is 4.42 Å². The maximum absolute atomic E-state index is 15.5. The second kappa shape index (κ2) is 10.7. The van der Waals surface area contributed by atoms with Gasteiger partial charge in [-0.3, -0.25) is 4.79 Å². The number of nitrogens with zero attached hydrogens (tertiary/aromatic N) is 7. The highest BCUT2D eigenvalue weighted by molar-refractivity contribution is 5.99. The van der Waals surface area contributed by atoms with Gasteiger partial charge in [0, 0.05) is 25.1 Å². The van der Waals surface area contributed by atoms with E-state index in [1.165, 1.54) is 31.3 Å². The fourth-order valence-electron chi connectivity index (χ4n) is 5.21. The van der Waals surface area contributed by atoms with Crippen LogP contribution in [0.25, 0.3) is 17.1 Å². The van der Waals surface area contributed by atoms with E-state index in [1.54, 1.807) is 0 Å². The molecular weight excluding hydrogens is 582 g/mol. The number of amides is 1. The highest BCUT2D eigenvalue weighted by atomic mass is 19.4. The number of nitrogens with one attached hydrogen (secondary N) is 1. The van der Waals surface area contributed by atoms with Gasteiger partial charge in [0.2, 0.25) is 5.91 Å². The van der Waals surface area contributed by atoms with Crippen molar-refractivity contribution in [3.05, 3.63) is 65.5 Å². The summed E-state index contributed by atoms with van der Waals surface area (Å²) in [6, 6.07) is 6.61. The van der Waals surface area contributed by atoms with E-state index in [0.717, 1.165) is 34.8 Å². The third-order valence-corrected chi connectivity index (χ3v) is 7.45. The third-order valence-electron chi connectivity index (χ3n) is 7.45. The summed E-state index contributed by atoms with van der Waals surface area (Å²) in [5.74, 6) is -6.80. The van der Waals surface area contributed by atoms with Crippen molar-refractivity contribution < 1.29 is 35.6 Å². The minimum Gasteiger partial charge on any atom is -0.403 e. The van der Waals surface area contributed by atoms with E-state index in [2.05, 4.69) is 25.6 Å². The number of alkyl halides is 5. The molecule has 1 saturated heterocycles. The van der Waals surface area contributed by atoms with Crippen molar-refractivity contribution in [2.24, 2.45) is 0 Å². The van der Waals surface area contributed by atoms with Gasteiger partial charge in [-0.2, -0.15) is 13.2 Å². The summed E-state index contributed by atoms with van der Waals surface area (Å²) >= 11 is 0. The molecule has 2 aromatic carbocycles. The molecule has 43 heavy (non-hydrogen) atoms. The Bertz CT molecular complexity index is 1650. The number of anilines is 2. The van der Waals surface area contributed by atoms with Crippen LogP contribution in [0.1, 0.15) is 36.2 Å². The summed E-state index contributed by atoms with van der Waals surface area (Å²) in [4.78, 5) is 19.8. The van der Waals surface area contributed by atoms with E-state index in [0.29, 0.717) is 24.7 Å². The van der Waals surface area contributed by atoms with E-state index in [9.17, 15) is 18.0 Å². The van der Waals surface area contributed by atoms with Crippen LogP contribution in [0.4, 0.5) is 38.0 Å². The zero-order valence-corrected chi connectivity index (χ0v) is 22.6. The van der Waals surface area contributed by atoms with Crippen LogP contribution in [-0.4, -0.2) is 57.0 Å². The molecule has 16 heteroatoms. The van der Waals surface area contributed by atoms with E-state index in [1.807, 2.05) is 4.90 Å². The molecule has 0 radical (unpaired) electrons. The molecule has 4 aromatic rings. The normalized spacial score (nSPS) is 18.7. The van der Waals surface area contributed by atoms with Crippen molar-refractivity contribution >= 4 is 17.6 Å². The van der Waals surface area contributed by atoms with Crippen LogP contribution in [0.15, 0.2) is 47.1 Å². The third kappa shape index (κ3) is 5.42. The Hall–Kier alpha value is -4.47. The Kier molecular flexibility index (Phi) is 7.10. The molecule has 0 spiro atoms. The average Bonchev–Trinajstić information content (AvgIpc) is 3.75. The number of benzene rings is 2. The molecule has 1 fully saturated rings. The molecular formula is C27H24F6N8O2. The first-order valence-corrected chi connectivity index (χ1v) is 13.3. The lowest BCUT2D eigenvalue weighted by Gasteiger charge is -2.26. The zero-order valence-electron chi connectivity index (χ0n) is 22.6. The number of fused-ring (bicyclic) bond motifs is 1. The number of rotatable bonds is 6. The Labute approximate surface area is 240 Å². The number of hydrogen-bond acceptors (Lipinski definition) is 8. The first-order chi connectivity index (χ1) is 20.4. The van der Waals surface area contributed by atoms with Crippen molar-refractivity contribution in [2.45, 2.75) is 43.9 Å². The largest absolute Gasteiger partial charge is 0.453 e. The minimum absolute atomic E-state index is 0.185. The summed E-state index contributed by atoms with van der Waals surface area (Å²) in [6.07, 6.45) is -2.85. The molecule has 4 heterocycles. The van der Waals surface area contributed by atoms with Gasteiger partial charge in [0.05, 0.1) is 29.5 Å². The van der Waals surface area contributed by atoms with Gasteiger partial charge in [-0.05, 0) is 49.7 Å². The van der Waals surface area contributed by atoms with Crippen molar-refractivity contribution in [1.82, 2.24) is 30.3 Å². The fourth-order valence-corrected chi connectivity index (χ4v) is 5.21. The first kappa shape index (κ1) is 28.6. The van der Waals surface area contributed by atoms with Crippen LogP contribution in [-0.2, 0) is 23.4 Å². The van der Waals surface area contributed by atoms with Crippen LogP contribution in [0, 0.1) is 5.82 Å². The van der Waals surface area contributed by atoms with Gasteiger partial charge in [0.25, 0.3) is 17.6 Å². The monoisotopic (exact) mass is 606 g/mol. The van der Waals surface area contributed by atoms with Gasteiger partial charge in [-0.1, -0.05) is 17.2 Å². The number of hydrogen-bond donors (Lipinski definition) is 1. The molecule has 226 valence electrons. The summed E-state index contributed by atoms with van der Waals surface area (Å²) < 4.78 is 91.7. The predicted octanol–water partition coefficient (Wildman–Crippen LogP) is 4.69. The lowest BCUT2D eigenvalue weighted by atomic mass is 9.99. The van der Waals surface area contributed by atoms with Gasteiger partial charge in [-0.15, -0.1) is 10.2 Å². The number of carbonyl (C=O) groups is 1. The summed E-state index contributed by atoms with van der Waals surface area (Å²) in [5, 5.41) is 14.0. The number of likely N-dealkylation sites (N-methyl/N-ethyl adjacent to an activating group) is 1. The summed E-state index contributed by atoms with van der Waals surface area (Å²) in [7, 11) is 1.37. The standard InChI is InChI=1S/C27H24F6N8O2/c1-34-20-12-26(29,30)18-11-19(28)17(22-36-37-25(43-22)39-8-2-3-9-39)10-21(18)40(23(20)42)13-15-4-6-16(7-5-15)41-14-35-24(38-41)27(31,32)33/h4-7,10-11,14,20,34H,2-3,8-9,12-13H2,1H3/t20-/m0/s1. The Morgan fingerprint density at radius 3 is 2.47 bits per heavy atom. The highest BCUT2D eigenvalue weighted by Crippen LogP contribution is 2.45. The SMILES string of the molecule is CN[C@H]1CC(F)(F)c2cc(F)c(-c3nnc(N4CCCC4)o3)cc2N(Cc2ccc(-n3cnc(C(F)(F)F)n3)cc2)C1=O. The van der Waals surface area contributed by atoms with Crippen LogP contribution in [0.3, 0.4) is 0 Å². The van der Waals surface area contributed by atoms with Crippen LogP contribution in [0.5, 0.6) is 0 Å². The van der Waals surface area contributed by atoms with Crippen LogP contribution < -0.4 is 15.1 Å². The summed E-state index contributed by atoms with van der Waals surface area (Å²) in [6.45, 7) is 1.17. The van der Waals surface area contributed by atoms with Gasteiger partial charge < -0.3 is 19.5 Å². The fraction of sp³-hybridized carbons (Fsp3) is 0.370. The maximum Gasteiger partial charge on any atom is 0.453 e. The lowest BCUT2D eigenvalue weighted by Crippen LogP contribution is -2.45. The predicted molar refractivity (Wildman–Crippen MR) is 140 cm³/mol. The Morgan fingerprint density at radius 1 is 1.09 bits per heavy atom. The molecule has 1 N–H and O–H groups in total. The van der Waals surface area contributed by atoms with Gasteiger partial charge in [0.15, 0.2) is 0 Å². The van der Waals surface area contributed by atoms with Gasteiger partial charge >= 0.3 is 12.2 Å². The van der Waals surface area contributed by atoms with E-state index in [-0.39, 0.29) is 35.4 Å². The molecule has 2 aromatic heterocycles. The molecule has 0 bridgehead atoms. The lowest BCUT2D eigenvalue weighted by molar-refractivity contribution is -0.144. The van der Waals surface area contributed by atoms with Crippen molar-refractivity contribution in [2.75, 3.05) is 29.9 Å². The van der Waals surface area contributed by atoms with E-state index < -0.39 is 47.7 Å². The van der Waals surface area contributed by atoms with Crippen molar-refractivity contribution in [3.63, 3.8) is 0 Å². The average molecular weight is 607 g/mol. The number of aromatic nitrogens is 5. The quantitative estimate of drug-likeness (QED) is 0.316. The van der Waals surface area contributed by atoms with Crippen LogP contribution >= 0.6 is 0 Å². The van der Waals surface area contributed by atoms with Gasteiger partial charge in [0.1, 0.15) is 12.1 Å². The molecule has 0 unspecified atom stereocenters. The van der Waals surface area contributed by atoms with E-state index >= 15 is 13.2 Å². The number of carbonyl (C=O) groups excluding carboxylic acids is 1. The maximum atomic E-state index is 15.5. The molecule has 1 atom stereocenters. The number of halogens is 6. The molecule has 10 nitrogen and oxygen atoms in total. The first-order valence-electron chi connectivity index (χ1n) is 13.3. The second-order valence-electron chi connectivity index (χ2n) is 10.3. The highest BCUT2D eigenvalue weighted by Gasteiger charge is 2.46. The molecule has 0 saturated carbocycles. The van der Waals surface area contributed by atoms with Gasteiger partial charge in [-0.25, -0.2) is 22.8 Å². The Balaban J connectivity index is 1.37. The molecule has 6 rings (SSSR count). The molecule has 2 aliphatic heterocycles. The van der Waals surface area contributed by atoms with Crippen LogP contribution in [0.2, 0.25) is 0 Å². The zero-order chi connectivity index (χ0) is 30.5. The molecule has 2 aliphatic rings. The summed E-state index contributed by atoms with van der Waals surface area (Å²) in [5.41, 5.74) is -0.448. The van der Waals surface area contributed by atoms with Crippen molar-refractivity contribution in [3.8, 4) is 17.1 Å². The topological polar surface area (TPSA) is 105 Å². The molecule has 1 amide bonds.